The van der Waals surface area contributed by atoms with Crippen molar-refractivity contribution >= 4 is 22.4 Å². The van der Waals surface area contributed by atoms with E-state index in [1.54, 1.807) is 42.5 Å². The molecule has 0 radical (unpaired) electrons. The van der Waals surface area contributed by atoms with Gasteiger partial charge in [-0.15, -0.1) is 0 Å². The Balaban J connectivity index is 1.71. The zero-order valence-corrected chi connectivity index (χ0v) is 14.8. The summed E-state index contributed by atoms with van der Waals surface area (Å²) < 4.78 is 38.0. The van der Waals surface area contributed by atoms with E-state index >= 15 is 0 Å². The highest BCUT2D eigenvalue weighted by Gasteiger charge is 2.22. The van der Waals surface area contributed by atoms with Gasteiger partial charge in [-0.2, -0.15) is 0 Å². The van der Waals surface area contributed by atoms with Crippen molar-refractivity contribution < 1.29 is 22.7 Å². The Hall–Kier alpha value is -3.67. The topological polar surface area (TPSA) is 65.5 Å². The van der Waals surface area contributed by atoms with Gasteiger partial charge in [-0.3, -0.25) is 4.79 Å². The molecule has 0 fully saturated rings. The first-order valence-corrected chi connectivity index (χ1v) is 8.44. The normalized spacial score (nSPS) is 11.0. The van der Waals surface area contributed by atoms with Crippen LogP contribution in [0.1, 0.15) is 16.1 Å². The molecular weight excluding hydrogens is 364 g/mol. The molecule has 0 unspecified atom stereocenters. The van der Waals surface area contributed by atoms with E-state index in [1.165, 1.54) is 19.2 Å². The number of fused-ring (bicyclic) bond motifs is 1. The molecule has 1 heterocycles. The number of anilines is 1. The Bertz CT molecular complexity index is 1200. The Kier molecular flexibility index (Phi) is 4.31. The summed E-state index contributed by atoms with van der Waals surface area (Å²) in [6.07, 6.45) is 0. The highest BCUT2D eigenvalue weighted by atomic mass is 19.1. The molecule has 4 nitrogen and oxygen atoms in total. The fraction of sp³-hybridized carbons (Fsp3) is 0.0455. The molecule has 0 bridgehead atoms. The number of hydrogen-bond acceptors (Lipinski definition) is 4. The number of benzene rings is 3. The minimum Gasteiger partial charge on any atom is -0.493 e. The summed E-state index contributed by atoms with van der Waals surface area (Å²) >= 11 is 0. The number of para-hydroxylation sites is 1. The number of furan rings is 1. The number of nitrogen functional groups attached to an aromatic ring is 1. The van der Waals surface area contributed by atoms with Crippen molar-refractivity contribution in [3.05, 3.63) is 83.6 Å². The molecule has 2 N–H and O–H groups in total. The van der Waals surface area contributed by atoms with Gasteiger partial charge in [0.05, 0.1) is 12.8 Å². The molecule has 0 aliphatic carbocycles. The fourth-order valence-electron chi connectivity index (χ4n) is 3.10. The zero-order valence-electron chi connectivity index (χ0n) is 14.8. The molecular formula is C22H15F2NO3. The molecule has 0 amide bonds. The monoisotopic (exact) mass is 379 g/mol. The molecule has 0 saturated carbocycles. The van der Waals surface area contributed by atoms with Crippen LogP contribution in [0.5, 0.6) is 5.75 Å². The van der Waals surface area contributed by atoms with E-state index in [9.17, 15) is 13.6 Å². The molecule has 140 valence electrons. The molecule has 0 aliphatic heterocycles. The van der Waals surface area contributed by atoms with E-state index in [4.69, 9.17) is 14.9 Å². The lowest BCUT2D eigenvalue weighted by atomic mass is 10.0. The van der Waals surface area contributed by atoms with Crippen LogP contribution >= 0.6 is 0 Å². The standard InChI is InChI=1S/C22H15F2NO3/c1-27-18-4-2-3-16-19(25)22(28-21(16)18)20(26)13-7-5-12(6-8-13)15-10-9-14(23)11-17(15)24/h2-11H,25H2,1H3. The smallest absolute Gasteiger partial charge is 0.230 e. The van der Waals surface area contributed by atoms with Crippen LogP contribution < -0.4 is 10.5 Å². The minimum atomic E-state index is -0.673. The molecule has 28 heavy (non-hydrogen) atoms. The van der Waals surface area contributed by atoms with Crippen molar-refractivity contribution in [2.45, 2.75) is 0 Å². The van der Waals surface area contributed by atoms with E-state index in [0.29, 0.717) is 27.8 Å². The van der Waals surface area contributed by atoms with Gasteiger partial charge in [0, 0.05) is 22.6 Å². The number of rotatable bonds is 4. The van der Waals surface area contributed by atoms with Crippen LogP contribution in [-0.4, -0.2) is 12.9 Å². The predicted octanol–water partition coefficient (Wildman–Crippen LogP) is 5.20. The summed E-state index contributed by atoms with van der Waals surface area (Å²) in [6.45, 7) is 0. The Labute approximate surface area is 159 Å². The van der Waals surface area contributed by atoms with Crippen LogP contribution in [0.15, 0.2) is 65.1 Å². The number of ketones is 1. The second-order valence-electron chi connectivity index (χ2n) is 6.21. The zero-order chi connectivity index (χ0) is 19.8. The maximum absolute atomic E-state index is 14.0. The van der Waals surface area contributed by atoms with Gasteiger partial charge in [-0.05, 0) is 29.8 Å². The van der Waals surface area contributed by atoms with E-state index in [0.717, 1.165) is 6.07 Å². The summed E-state index contributed by atoms with van der Waals surface area (Å²) in [4.78, 5) is 12.9. The van der Waals surface area contributed by atoms with E-state index in [-0.39, 0.29) is 17.0 Å². The second kappa shape index (κ2) is 6.81. The Morgan fingerprint density at radius 1 is 1.04 bits per heavy atom. The van der Waals surface area contributed by atoms with Crippen LogP contribution in [0.3, 0.4) is 0 Å². The summed E-state index contributed by atoms with van der Waals surface area (Å²) in [5.41, 5.74) is 7.82. The number of methoxy groups -OCH3 is 1. The van der Waals surface area contributed by atoms with Gasteiger partial charge in [0.1, 0.15) is 11.6 Å². The molecule has 4 aromatic rings. The van der Waals surface area contributed by atoms with Gasteiger partial charge in [-0.1, -0.05) is 30.3 Å². The van der Waals surface area contributed by atoms with Gasteiger partial charge in [0.15, 0.2) is 17.1 Å². The third-order valence-corrected chi connectivity index (χ3v) is 4.53. The van der Waals surface area contributed by atoms with E-state index in [2.05, 4.69) is 0 Å². The maximum Gasteiger partial charge on any atom is 0.230 e. The predicted molar refractivity (Wildman–Crippen MR) is 102 cm³/mol. The average molecular weight is 379 g/mol. The number of carbonyl (C=O) groups is 1. The van der Waals surface area contributed by atoms with Gasteiger partial charge in [0.25, 0.3) is 0 Å². The highest BCUT2D eigenvalue weighted by Crippen LogP contribution is 2.35. The molecule has 1 aromatic heterocycles. The number of halogens is 2. The number of ether oxygens (including phenoxy) is 1. The van der Waals surface area contributed by atoms with Crippen molar-refractivity contribution in [2.24, 2.45) is 0 Å². The summed E-state index contributed by atoms with van der Waals surface area (Å²) in [6, 6.07) is 14.8. The van der Waals surface area contributed by atoms with Crippen LogP contribution in [0, 0.1) is 11.6 Å². The lowest BCUT2D eigenvalue weighted by Gasteiger charge is -2.05. The number of nitrogens with two attached hydrogens (primary N) is 1. The molecule has 3 aromatic carbocycles. The van der Waals surface area contributed by atoms with Gasteiger partial charge in [0.2, 0.25) is 5.78 Å². The maximum atomic E-state index is 14.0. The van der Waals surface area contributed by atoms with Crippen molar-refractivity contribution in [1.29, 1.82) is 0 Å². The Morgan fingerprint density at radius 2 is 1.79 bits per heavy atom. The third kappa shape index (κ3) is 2.89. The SMILES string of the molecule is COc1cccc2c(N)c(C(=O)c3ccc(-c4ccc(F)cc4F)cc3)oc12. The highest BCUT2D eigenvalue weighted by molar-refractivity contribution is 6.15. The lowest BCUT2D eigenvalue weighted by molar-refractivity contribution is 0.101. The van der Waals surface area contributed by atoms with Crippen LogP contribution in [-0.2, 0) is 0 Å². The van der Waals surface area contributed by atoms with Crippen molar-refractivity contribution in [2.75, 3.05) is 12.8 Å². The largest absolute Gasteiger partial charge is 0.493 e. The second-order valence-corrected chi connectivity index (χ2v) is 6.21. The van der Waals surface area contributed by atoms with Crippen LogP contribution in [0.4, 0.5) is 14.5 Å². The summed E-state index contributed by atoms with van der Waals surface area (Å²) in [7, 11) is 1.50. The molecule has 6 heteroatoms. The summed E-state index contributed by atoms with van der Waals surface area (Å²) in [5.74, 6) is -1.23. The minimum absolute atomic E-state index is 0.0141. The summed E-state index contributed by atoms with van der Waals surface area (Å²) in [5, 5.41) is 0.590. The first kappa shape index (κ1) is 17.7. The number of carbonyl (C=O) groups excluding carboxylic acids is 1. The Morgan fingerprint density at radius 3 is 2.46 bits per heavy atom. The van der Waals surface area contributed by atoms with Gasteiger partial charge >= 0.3 is 0 Å². The number of hydrogen-bond donors (Lipinski definition) is 1. The van der Waals surface area contributed by atoms with Crippen molar-refractivity contribution in [3.8, 4) is 16.9 Å². The lowest BCUT2D eigenvalue weighted by Crippen LogP contribution is -2.03. The van der Waals surface area contributed by atoms with E-state index < -0.39 is 17.4 Å². The quantitative estimate of drug-likeness (QED) is 0.495. The average Bonchev–Trinajstić information content (AvgIpc) is 3.04. The molecule has 0 atom stereocenters. The van der Waals surface area contributed by atoms with Crippen LogP contribution in [0.25, 0.3) is 22.1 Å². The molecule has 4 rings (SSSR count). The van der Waals surface area contributed by atoms with Crippen molar-refractivity contribution in [1.82, 2.24) is 0 Å². The van der Waals surface area contributed by atoms with Gasteiger partial charge < -0.3 is 14.9 Å². The van der Waals surface area contributed by atoms with Gasteiger partial charge in [-0.25, -0.2) is 8.78 Å². The van der Waals surface area contributed by atoms with E-state index in [1.807, 2.05) is 0 Å². The van der Waals surface area contributed by atoms with Crippen LogP contribution in [0.2, 0.25) is 0 Å². The molecule has 0 spiro atoms. The van der Waals surface area contributed by atoms with Crippen molar-refractivity contribution in [3.63, 3.8) is 0 Å². The molecule has 0 saturated heterocycles. The first-order chi connectivity index (χ1) is 13.5. The molecule has 0 aliphatic rings. The third-order valence-electron chi connectivity index (χ3n) is 4.53. The first-order valence-electron chi connectivity index (χ1n) is 8.44. The fourth-order valence-corrected chi connectivity index (χ4v) is 3.10.